The first-order valence-electron chi connectivity index (χ1n) is 11.4. The highest BCUT2D eigenvalue weighted by Crippen LogP contribution is 2.30. The molecule has 4 nitrogen and oxygen atoms in total. The summed E-state index contributed by atoms with van der Waals surface area (Å²) < 4.78 is 37.4. The Kier molecular flexibility index (Phi) is 7.99. The number of likely N-dealkylation sites (tertiary alicyclic amines) is 1. The van der Waals surface area contributed by atoms with Gasteiger partial charge in [0.25, 0.3) is 0 Å². The number of fused-ring (bicyclic) bond motifs is 1. The van der Waals surface area contributed by atoms with E-state index in [0.717, 1.165) is 80.0 Å². The topological polar surface area (TPSA) is 34.6 Å². The van der Waals surface area contributed by atoms with E-state index in [1.165, 1.54) is 12.1 Å². The highest BCUT2D eigenvalue weighted by molar-refractivity contribution is 6.32. The molecule has 0 unspecified atom stereocenters. The number of hydrogen-bond donors (Lipinski definition) is 0. The van der Waals surface area contributed by atoms with E-state index in [0.29, 0.717) is 17.5 Å². The molecule has 2 aromatic carbocycles. The molecule has 7 heteroatoms. The second-order valence-electron chi connectivity index (χ2n) is 8.60. The van der Waals surface area contributed by atoms with Crippen LogP contribution in [0.1, 0.15) is 31.2 Å². The Hall–Kier alpha value is -2.44. The number of ether oxygens (including phenoxy) is 2. The quantitative estimate of drug-likeness (QED) is 0.365. The molecule has 4 rings (SSSR count). The van der Waals surface area contributed by atoms with Crippen molar-refractivity contribution in [3.63, 3.8) is 0 Å². The van der Waals surface area contributed by atoms with Gasteiger partial charge in [0.05, 0.1) is 17.6 Å². The van der Waals surface area contributed by atoms with Crippen molar-refractivity contribution in [3.05, 3.63) is 64.8 Å². The third kappa shape index (κ3) is 6.33. The lowest BCUT2D eigenvalue weighted by Gasteiger charge is -2.31. The van der Waals surface area contributed by atoms with Crippen molar-refractivity contribution in [2.24, 2.45) is 5.92 Å². The zero-order valence-electron chi connectivity index (χ0n) is 18.8. The summed E-state index contributed by atoms with van der Waals surface area (Å²) in [6.45, 7) is 3.21. The molecule has 0 aliphatic carbocycles. The molecular weight excluding hydrogens is 446 g/mol. The summed E-state index contributed by atoms with van der Waals surface area (Å²) in [4.78, 5) is 6.79. The van der Waals surface area contributed by atoms with Gasteiger partial charge in [-0.05, 0) is 68.5 Å². The molecule has 0 atom stereocenters. The van der Waals surface area contributed by atoms with E-state index in [-0.39, 0.29) is 5.75 Å². The van der Waals surface area contributed by atoms with Gasteiger partial charge in [0.2, 0.25) is 0 Å². The Labute approximate surface area is 198 Å². The lowest BCUT2D eigenvalue weighted by Crippen LogP contribution is -2.36. The minimum absolute atomic E-state index is 0.238. The number of nitrogens with zero attached hydrogens (tertiary/aromatic N) is 2. The fourth-order valence-electron chi connectivity index (χ4n) is 4.55. The summed E-state index contributed by atoms with van der Waals surface area (Å²) >= 11 is 6.49. The monoisotopic (exact) mass is 474 g/mol. The summed E-state index contributed by atoms with van der Waals surface area (Å²) in [5.74, 6) is 0.506. The van der Waals surface area contributed by atoms with Crippen LogP contribution in [0.5, 0.6) is 11.5 Å². The third-order valence-corrected chi connectivity index (χ3v) is 6.72. The van der Waals surface area contributed by atoms with Crippen molar-refractivity contribution in [2.45, 2.75) is 32.1 Å². The third-order valence-electron chi connectivity index (χ3n) is 6.39. The molecule has 1 aliphatic heterocycles. The van der Waals surface area contributed by atoms with Crippen molar-refractivity contribution >= 4 is 22.5 Å². The van der Waals surface area contributed by atoms with Crippen LogP contribution in [0.25, 0.3) is 10.9 Å². The van der Waals surface area contributed by atoms with Crippen molar-refractivity contribution in [2.75, 3.05) is 33.4 Å². The minimum atomic E-state index is -0.619. The predicted molar refractivity (Wildman–Crippen MR) is 127 cm³/mol. The Bertz CT molecular complexity index is 1070. The van der Waals surface area contributed by atoms with Crippen LogP contribution in [0, 0.1) is 17.6 Å². The Morgan fingerprint density at radius 2 is 1.82 bits per heavy atom. The molecule has 0 radical (unpaired) electrons. The van der Waals surface area contributed by atoms with Gasteiger partial charge in [-0.15, -0.1) is 0 Å². The Balaban J connectivity index is 1.21. The number of benzene rings is 2. The smallest absolute Gasteiger partial charge is 0.129 e. The van der Waals surface area contributed by atoms with Gasteiger partial charge in [-0.2, -0.15) is 0 Å². The minimum Gasteiger partial charge on any atom is -0.497 e. The summed E-state index contributed by atoms with van der Waals surface area (Å²) in [6, 6.07) is 9.18. The highest BCUT2D eigenvalue weighted by atomic mass is 35.5. The average Bonchev–Trinajstić information content (AvgIpc) is 2.80. The molecule has 3 aromatic rings. The van der Waals surface area contributed by atoms with E-state index in [1.54, 1.807) is 13.3 Å². The summed E-state index contributed by atoms with van der Waals surface area (Å²) in [6.07, 6.45) is 7.19. The maximum absolute atomic E-state index is 13.2. The second-order valence-corrected chi connectivity index (χ2v) is 9.01. The van der Waals surface area contributed by atoms with E-state index >= 15 is 0 Å². The number of rotatable bonds is 9. The summed E-state index contributed by atoms with van der Waals surface area (Å²) in [7, 11) is 1.67. The molecule has 0 spiro atoms. The first-order chi connectivity index (χ1) is 16.0. The molecule has 0 bridgehead atoms. The molecule has 1 fully saturated rings. The van der Waals surface area contributed by atoms with E-state index in [2.05, 4.69) is 9.88 Å². The maximum atomic E-state index is 13.2. The van der Waals surface area contributed by atoms with Gasteiger partial charge in [-0.3, -0.25) is 9.88 Å². The van der Waals surface area contributed by atoms with E-state index in [4.69, 9.17) is 21.1 Å². The molecule has 0 amide bonds. The van der Waals surface area contributed by atoms with Gasteiger partial charge in [0.15, 0.2) is 0 Å². The molecule has 1 saturated heterocycles. The fourth-order valence-corrected chi connectivity index (χ4v) is 4.80. The average molecular weight is 475 g/mol. The number of aromatic nitrogens is 1. The summed E-state index contributed by atoms with van der Waals surface area (Å²) in [5, 5.41) is 1.78. The second kappa shape index (κ2) is 11.1. The zero-order valence-corrected chi connectivity index (χ0v) is 19.6. The molecule has 33 heavy (non-hydrogen) atoms. The van der Waals surface area contributed by atoms with Gasteiger partial charge >= 0.3 is 0 Å². The van der Waals surface area contributed by atoms with Crippen LogP contribution in [0.3, 0.4) is 0 Å². The lowest BCUT2D eigenvalue weighted by molar-refractivity contribution is 0.150. The fraction of sp³-hybridized carbons (Fsp3) is 0.423. The van der Waals surface area contributed by atoms with Crippen molar-refractivity contribution in [3.8, 4) is 11.5 Å². The van der Waals surface area contributed by atoms with Crippen LogP contribution in [0.2, 0.25) is 5.02 Å². The maximum Gasteiger partial charge on any atom is 0.129 e. The first-order valence-corrected chi connectivity index (χ1v) is 11.8. The number of piperidine rings is 1. The first kappa shape index (κ1) is 23.7. The van der Waals surface area contributed by atoms with Crippen molar-refractivity contribution < 1.29 is 18.3 Å². The number of methoxy groups -OCH3 is 1. The standard InChI is InChI=1S/C26H29ClF2N2O2/c1-32-21-5-6-26-24(16-21)23(25(27)17-30-26)4-2-3-18-7-9-31(10-8-18)11-12-33-22-14-19(28)13-20(29)15-22/h5-6,13-18H,2-4,7-12H2,1H3. The van der Waals surface area contributed by atoms with E-state index in [9.17, 15) is 8.78 Å². The Morgan fingerprint density at radius 3 is 2.55 bits per heavy atom. The van der Waals surface area contributed by atoms with Gasteiger partial charge in [0.1, 0.15) is 29.7 Å². The largest absolute Gasteiger partial charge is 0.497 e. The number of pyridine rings is 1. The number of aryl methyl sites for hydroxylation is 1. The molecule has 2 heterocycles. The van der Waals surface area contributed by atoms with E-state index < -0.39 is 11.6 Å². The molecule has 0 N–H and O–H groups in total. The number of hydrogen-bond acceptors (Lipinski definition) is 4. The van der Waals surface area contributed by atoms with Crippen molar-refractivity contribution in [1.29, 1.82) is 0 Å². The molecular formula is C26H29ClF2N2O2. The molecule has 0 saturated carbocycles. The SMILES string of the molecule is COc1ccc2ncc(Cl)c(CCCC3CCN(CCOc4cc(F)cc(F)c4)CC3)c2c1. The van der Waals surface area contributed by atoms with E-state index in [1.807, 2.05) is 18.2 Å². The molecule has 1 aromatic heterocycles. The van der Waals surface area contributed by atoms with Crippen LogP contribution < -0.4 is 9.47 Å². The van der Waals surface area contributed by atoms with Crippen LogP contribution in [-0.4, -0.2) is 43.2 Å². The predicted octanol–water partition coefficient (Wildman–Crippen LogP) is 6.29. The number of halogens is 3. The molecule has 1 aliphatic rings. The normalized spacial score (nSPS) is 15.2. The molecule has 176 valence electrons. The summed E-state index contributed by atoms with van der Waals surface area (Å²) in [5.41, 5.74) is 2.08. The lowest BCUT2D eigenvalue weighted by atomic mass is 9.90. The van der Waals surface area contributed by atoms with Crippen molar-refractivity contribution in [1.82, 2.24) is 9.88 Å². The highest BCUT2D eigenvalue weighted by Gasteiger charge is 2.19. The van der Waals surface area contributed by atoms with Gasteiger partial charge < -0.3 is 9.47 Å². The van der Waals surface area contributed by atoms with Gasteiger partial charge in [0, 0.05) is 36.3 Å². The van der Waals surface area contributed by atoms with Crippen LogP contribution in [0.15, 0.2) is 42.6 Å². The Morgan fingerprint density at radius 1 is 1.06 bits per heavy atom. The van der Waals surface area contributed by atoms with Gasteiger partial charge in [-0.25, -0.2) is 8.78 Å². The van der Waals surface area contributed by atoms with Gasteiger partial charge in [-0.1, -0.05) is 18.0 Å². The van der Waals surface area contributed by atoms with Crippen LogP contribution in [0.4, 0.5) is 8.78 Å². The van der Waals surface area contributed by atoms with Crippen LogP contribution in [-0.2, 0) is 6.42 Å². The zero-order chi connectivity index (χ0) is 23.2. The van der Waals surface area contributed by atoms with Crippen LogP contribution >= 0.6 is 11.6 Å².